The van der Waals surface area contributed by atoms with Gasteiger partial charge in [-0.25, -0.2) is 22.6 Å². The predicted octanol–water partition coefficient (Wildman–Crippen LogP) is 3.90. The Balaban J connectivity index is 0.00000420. The third-order valence-electron chi connectivity index (χ3n) is 3.71. The van der Waals surface area contributed by atoms with E-state index in [0.29, 0.717) is 19.0 Å². The fourth-order valence-electron chi connectivity index (χ4n) is 2.37. The van der Waals surface area contributed by atoms with Crippen molar-refractivity contribution < 1.29 is 22.4 Å². The number of carbonyl (C=O) groups excluding carboxylic acids is 1. The van der Waals surface area contributed by atoms with Crippen LogP contribution in [-0.2, 0) is 11.3 Å². The van der Waals surface area contributed by atoms with Gasteiger partial charge in [0.15, 0.2) is 23.4 Å². The monoisotopic (exact) mass is 524 g/mol. The van der Waals surface area contributed by atoms with E-state index in [1.165, 1.54) is 12.1 Å². The number of rotatable bonds is 6. The fourth-order valence-corrected chi connectivity index (χ4v) is 2.37. The predicted molar refractivity (Wildman–Crippen MR) is 114 cm³/mol. The molecule has 10 heteroatoms. The maximum Gasteiger partial charge on any atom is 0.246 e. The van der Waals surface area contributed by atoms with E-state index >= 15 is 0 Å². The first-order chi connectivity index (χ1) is 13.3. The van der Waals surface area contributed by atoms with Crippen molar-refractivity contribution in [3.05, 3.63) is 65.2 Å². The normalized spacial score (nSPS) is 10.9. The molecule has 0 bridgehead atoms. The first-order valence-electron chi connectivity index (χ1n) is 8.49. The van der Waals surface area contributed by atoms with Crippen LogP contribution in [0.5, 0.6) is 0 Å². The Labute approximate surface area is 183 Å². The van der Waals surface area contributed by atoms with Gasteiger partial charge in [-0.05, 0) is 36.8 Å². The van der Waals surface area contributed by atoms with Gasteiger partial charge in [0.25, 0.3) is 0 Å². The van der Waals surface area contributed by atoms with Crippen LogP contribution in [0.3, 0.4) is 0 Å². The van der Waals surface area contributed by atoms with E-state index in [0.717, 1.165) is 17.7 Å². The van der Waals surface area contributed by atoms with E-state index in [2.05, 4.69) is 15.6 Å². The van der Waals surface area contributed by atoms with Gasteiger partial charge in [0, 0.05) is 20.1 Å². The summed E-state index contributed by atoms with van der Waals surface area (Å²) >= 11 is 0. The molecule has 0 aliphatic carbocycles. The highest BCUT2D eigenvalue weighted by molar-refractivity contribution is 14.0. The Morgan fingerprint density at radius 3 is 2.31 bits per heavy atom. The van der Waals surface area contributed by atoms with E-state index in [9.17, 15) is 22.4 Å². The quantitative estimate of drug-likeness (QED) is 0.198. The van der Waals surface area contributed by atoms with Crippen molar-refractivity contribution in [2.24, 2.45) is 4.99 Å². The van der Waals surface area contributed by atoms with Crippen molar-refractivity contribution in [1.29, 1.82) is 0 Å². The molecule has 158 valence electrons. The number of hydrogen-bond donors (Lipinski definition) is 2. The number of guanidine groups is 1. The summed E-state index contributed by atoms with van der Waals surface area (Å²) in [4.78, 5) is 17.9. The van der Waals surface area contributed by atoms with Crippen molar-refractivity contribution in [3.63, 3.8) is 0 Å². The molecule has 0 fully saturated rings. The van der Waals surface area contributed by atoms with Crippen LogP contribution in [0.15, 0.2) is 41.4 Å². The molecular weight excluding hydrogens is 503 g/mol. The maximum atomic E-state index is 13.6. The molecule has 0 aromatic heterocycles. The highest BCUT2D eigenvalue weighted by Gasteiger charge is 2.15. The number of nitrogens with zero attached hydrogens (tertiary/aromatic N) is 2. The standard InChI is InChI=1S/C19H20F4N4O.HI/c1-3-24-19(27(2)11-12-4-6-13(20)7-5-12)25-10-16(28)26-15-9-8-14(21)17(22)18(15)23;/h4-9H,3,10-11H2,1-2H3,(H,24,25)(H,26,28);1H. The molecule has 0 saturated carbocycles. The van der Waals surface area contributed by atoms with Gasteiger partial charge in [-0.15, -0.1) is 24.0 Å². The Hall–Kier alpha value is -2.37. The van der Waals surface area contributed by atoms with E-state index in [1.807, 2.05) is 6.92 Å². The Morgan fingerprint density at radius 1 is 1.03 bits per heavy atom. The van der Waals surface area contributed by atoms with Crippen LogP contribution in [0.4, 0.5) is 23.2 Å². The Bertz CT molecular complexity index is 862. The number of amides is 1. The zero-order valence-electron chi connectivity index (χ0n) is 15.8. The molecule has 5 nitrogen and oxygen atoms in total. The second kappa shape index (κ2) is 11.6. The second-order valence-corrected chi connectivity index (χ2v) is 5.92. The number of benzene rings is 2. The Kier molecular flexibility index (Phi) is 9.86. The summed E-state index contributed by atoms with van der Waals surface area (Å²) in [5.41, 5.74) is 0.367. The average molecular weight is 524 g/mol. The molecule has 0 aliphatic heterocycles. The van der Waals surface area contributed by atoms with Crippen LogP contribution in [0.2, 0.25) is 0 Å². The maximum absolute atomic E-state index is 13.6. The molecular formula is C19H21F4IN4O. The van der Waals surface area contributed by atoms with Crippen molar-refractivity contribution in [2.75, 3.05) is 25.5 Å². The molecule has 2 rings (SSSR count). The van der Waals surface area contributed by atoms with Crippen molar-refractivity contribution in [3.8, 4) is 0 Å². The largest absolute Gasteiger partial charge is 0.357 e. The van der Waals surface area contributed by atoms with E-state index in [1.54, 1.807) is 24.1 Å². The summed E-state index contributed by atoms with van der Waals surface area (Å²) in [5, 5.41) is 5.15. The van der Waals surface area contributed by atoms with Gasteiger partial charge in [0.2, 0.25) is 5.91 Å². The van der Waals surface area contributed by atoms with E-state index in [4.69, 9.17) is 0 Å². The lowest BCUT2D eigenvalue weighted by Gasteiger charge is -2.22. The summed E-state index contributed by atoms with van der Waals surface area (Å²) in [6.07, 6.45) is 0. The average Bonchev–Trinajstić information content (AvgIpc) is 2.67. The smallest absolute Gasteiger partial charge is 0.246 e. The first-order valence-corrected chi connectivity index (χ1v) is 8.49. The molecule has 2 aromatic carbocycles. The van der Waals surface area contributed by atoms with Crippen LogP contribution in [0, 0.1) is 23.3 Å². The van der Waals surface area contributed by atoms with Crippen LogP contribution >= 0.6 is 24.0 Å². The SMILES string of the molecule is CCNC(=NCC(=O)Nc1ccc(F)c(F)c1F)N(C)Cc1ccc(F)cc1.I. The first kappa shape index (κ1) is 24.7. The lowest BCUT2D eigenvalue weighted by molar-refractivity contribution is -0.114. The van der Waals surface area contributed by atoms with Crippen LogP contribution in [0.1, 0.15) is 12.5 Å². The third-order valence-corrected chi connectivity index (χ3v) is 3.71. The summed E-state index contributed by atoms with van der Waals surface area (Å²) in [5.74, 6) is -5.12. The fraction of sp³-hybridized carbons (Fsp3) is 0.263. The summed E-state index contributed by atoms with van der Waals surface area (Å²) in [6.45, 7) is 2.42. The summed E-state index contributed by atoms with van der Waals surface area (Å²) in [7, 11) is 1.73. The minimum absolute atomic E-state index is 0. The highest BCUT2D eigenvalue weighted by atomic mass is 127. The number of carbonyl (C=O) groups is 1. The molecule has 0 heterocycles. The molecule has 29 heavy (non-hydrogen) atoms. The number of anilines is 1. The molecule has 0 aliphatic rings. The van der Waals surface area contributed by atoms with Gasteiger partial charge in [0.05, 0.1) is 5.69 Å². The van der Waals surface area contributed by atoms with Crippen molar-refractivity contribution in [2.45, 2.75) is 13.5 Å². The van der Waals surface area contributed by atoms with Gasteiger partial charge in [-0.2, -0.15) is 0 Å². The molecule has 0 atom stereocenters. The van der Waals surface area contributed by atoms with Crippen molar-refractivity contribution >= 4 is 41.5 Å². The lowest BCUT2D eigenvalue weighted by atomic mass is 10.2. The van der Waals surface area contributed by atoms with Crippen molar-refractivity contribution in [1.82, 2.24) is 10.2 Å². The highest BCUT2D eigenvalue weighted by Crippen LogP contribution is 2.19. The number of nitrogens with one attached hydrogen (secondary N) is 2. The minimum Gasteiger partial charge on any atom is -0.357 e. The number of hydrogen-bond acceptors (Lipinski definition) is 2. The number of halogens is 5. The molecule has 0 radical (unpaired) electrons. The van der Waals surface area contributed by atoms with Gasteiger partial charge in [-0.1, -0.05) is 12.1 Å². The van der Waals surface area contributed by atoms with Crippen LogP contribution < -0.4 is 10.6 Å². The minimum atomic E-state index is -1.66. The molecule has 1 amide bonds. The van der Waals surface area contributed by atoms with Gasteiger partial charge in [0.1, 0.15) is 12.4 Å². The second-order valence-electron chi connectivity index (χ2n) is 5.92. The third kappa shape index (κ3) is 7.18. The number of aliphatic imine (C=N–C) groups is 1. The topological polar surface area (TPSA) is 56.7 Å². The lowest BCUT2D eigenvalue weighted by Crippen LogP contribution is -2.39. The summed E-state index contributed by atoms with van der Waals surface area (Å²) < 4.78 is 52.8. The summed E-state index contributed by atoms with van der Waals surface area (Å²) in [6, 6.07) is 7.61. The molecule has 2 N–H and O–H groups in total. The van der Waals surface area contributed by atoms with Gasteiger partial charge < -0.3 is 15.5 Å². The van der Waals surface area contributed by atoms with Crippen LogP contribution in [-0.4, -0.2) is 36.9 Å². The van der Waals surface area contributed by atoms with Crippen LogP contribution in [0.25, 0.3) is 0 Å². The Morgan fingerprint density at radius 2 is 1.69 bits per heavy atom. The zero-order valence-corrected chi connectivity index (χ0v) is 18.1. The van der Waals surface area contributed by atoms with E-state index < -0.39 is 29.0 Å². The van der Waals surface area contributed by atoms with Gasteiger partial charge in [-0.3, -0.25) is 4.79 Å². The van der Waals surface area contributed by atoms with E-state index in [-0.39, 0.29) is 36.3 Å². The molecule has 2 aromatic rings. The van der Waals surface area contributed by atoms with Gasteiger partial charge >= 0.3 is 0 Å². The zero-order chi connectivity index (χ0) is 20.7. The molecule has 0 spiro atoms. The molecule has 0 saturated heterocycles. The molecule has 0 unspecified atom stereocenters.